The fourth-order valence-corrected chi connectivity index (χ4v) is 3.10. The minimum Gasteiger partial charge on any atom is -0.342 e. The van der Waals surface area contributed by atoms with E-state index in [0.29, 0.717) is 5.56 Å². The van der Waals surface area contributed by atoms with Gasteiger partial charge in [0.25, 0.3) is 5.91 Å². The molecule has 0 aliphatic carbocycles. The maximum absolute atomic E-state index is 12.2. The van der Waals surface area contributed by atoms with Crippen LogP contribution >= 0.6 is 0 Å². The number of hydrogen-bond donors (Lipinski definition) is 2. The summed E-state index contributed by atoms with van der Waals surface area (Å²) < 4.78 is 0. The average Bonchev–Trinajstić information content (AvgIpc) is 3.10. The van der Waals surface area contributed by atoms with Gasteiger partial charge in [-0.1, -0.05) is 36.4 Å². The molecule has 4 nitrogen and oxygen atoms in total. The number of amides is 1. The summed E-state index contributed by atoms with van der Waals surface area (Å²) in [5.41, 5.74) is 5.99. The van der Waals surface area contributed by atoms with Crippen LogP contribution in [0.15, 0.2) is 72.8 Å². The molecule has 0 bridgehead atoms. The van der Waals surface area contributed by atoms with E-state index in [1.807, 2.05) is 42.5 Å². The number of fused-ring (bicyclic) bond motifs is 1. The van der Waals surface area contributed by atoms with Crippen molar-refractivity contribution in [3.05, 3.63) is 95.3 Å². The summed E-state index contributed by atoms with van der Waals surface area (Å²) in [6, 6.07) is 23.5. The second kappa shape index (κ2) is 7.46. The smallest absolute Gasteiger partial charge is 0.255 e. The molecule has 0 fully saturated rings. The number of benzene rings is 3. The van der Waals surface area contributed by atoms with E-state index in [2.05, 4.69) is 40.4 Å². The number of carbonyl (C=O) groups is 1. The van der Waals surface area contributed by atoms with Crippen LogP contribution < -0.4 is 5.32 Å². The average molecular weight is 355 g/mol. The molecule has 3 aromatic carbocycles. The van der Waals surface area contributed by atoms with Crippen LogP contribution in [0, 0.1) is 6.92 Å². The van der Waals surface area contributed by atoms with Crippen molar-refractivity contribution < 1.29 is 4.79 Å². The van der Waals surface area contributed by atoms with Gasteiger partial charge in [0.1, 0.15) is 5.82 Å². The molecule has 27 heavy (non-hydrogen) atoms. The highest BCUT2D eigenvalue weighted by Gasteiger charge is 2.06. The predicted octanol–water partition coefficient (Wildman–Crippen LogP) is 4.91. The molecule has 1 aromatic heterocycles. The minimum absolute atomic E-state index is 0.0964. The zero-order valence-corrected chi connectivity index (χ0v) is 15.2. The Balaban J connectivity index is 1.38. The van der Waals surface area contributed by atoms with E-state index in [4.69, 9.17) is 0 Å². The number of nitrogens with one attached hydrogen (secondary N) is 2. The highest BCUT2D eigenvalue weighted by atomic mass is 16.1. The summed E-state index contributed by atoms with van der Waals surface area (Å²) in [7, 11) is 0. The lowest BCUT2D eigenvalue weighted by Crippen LogP contribution is -2.11. The molecule has 0 saturated carbocycles. The van der Waals surface area contributed by atoms with Gasteiger partial charge in [0, 0.05) is 17.7 Å². The second-order valence-corrected chi connectivity index (χ2v) is 6.72. The molecule has 0 radical (unpaired) electrons. The summed E-state index contributed by atoms with van der Waals surface area (Å²) in [5, 5.41) is 2.92. The van der Waals surface area contributed by atoms with Crippen LogP contribution in [0.25, 0.3) is 11.0 Å². The van der Waals surface area contributed by atoms with Gasteiger partial charge in [-0.15, -0.1) is 0 Å². The number of rotatable bonds is 5. The number of carbonyl (C=O) groups excluding carboxylic acids is 1. The lowest BCUT2D eigenvalue weighted by atomic mass is 10.1. The van der Waals surface area contributed by atoms with Gasteiger partial charge < -0.3 is 10.3 Å². The van der Waals surface area contributed by atoms with Gasteiger partial charge in [0.15, 0.2) is 0 Å². The molecule has 2 N–H and O–H groups in total. The van der Waals surface area contributed by atoms with Crippen LogP contribution in [0.2, 0.25) is 0 Å². The van der Waals surface area contributed by atoms with E-state index in [9.17, 15) is 4.79 Å². The molecule has 0 atom stereocenters. The molecule has 0 aliphatic rings. The molecular weight excluding hydrogens is 334 g/mol. The fraction of sp³-hybridized carbons (Fsp3) is 0.130. The van der Waals surface area contributed by atoms with E-state index in [1.165, 1.54) is 11.1 Å². The van der Waals surface area contributed by atoms with Crippen molar-refractivity contribution in [1.29, 1.82) is 0 Å². The Morgan fingerprint density at radius 3 is 2.52 bits per heavy atom. The van der Waals surface area contributed by atoms with Crippen LogP contribution in [0.4, 0.5) is 5.69 Å². The molecule has 4 aromatic rings. The van der Waals surface area contributed by atoms with Crippen molar-refractivity contribution >= 4 is 22.6 Å². The second-order valence-electron chi connectivity index (χ2n) is 6.72. The first kappa shape index (κ1) is 17.0. The third-order valence-electron chi connectivity index (χ3n) is 4.58. The van der Waals surface area contributed by atoms with Gasteiger partial charge in [-0.2, -0.15) is 0 Å². The third-order valence-corrected chi connectivity index (χ3v) is 4.58. The molecule has 1 amide bonds. The predicted molar refractivity (Wildman–Crippen MR) is 109 cm³/mol. The number of aryl methyl sites for hydroxylation is 3. The Morgan fingerprint density at radius 1 is 0.963 bits per heavy atom. The molecule has 4 heteroatoms. The van der Waals surface area contributed by atoms with Crippen LogP contribution in [-0.2, 0) is 12.8 Å². The van der Waals surface area contributed by atoms with Gasteiger partial charge in [-0.05, 0) is 60.9 Å². The molecule has 0 aliphatic heterocycles. The molecule has 134 valence electrons. The molecule has 0 unspecified atom stereocenters. The normalized spacial score (nSPS) is 10.9. The summed E-state index contributed by atoms with van der Waals surface area (Å²) in [4.78, 5) is 20.2. The number of anilines is 1. The van der Waals surface area contributed by atoms with Gasteiger partial charge in [-0.3, -0.25) is 4.79 Å². The first-order valence-corrected chi connectivity index (χ1v) is 9.08. The topological polar surface area (TPSA) is 57.8 Å². The quantitative estimate of drug-likeness (QED) is 0.534. The van der Waals surface area contributed by atoms with E-state index >= 15 is 0 Å². The zero-order chi connectivity index (χ0) is 18.6. The Kier molecular flexibility index (Phi) is 4.71. The van der Waals surface area contributed by atoms with Crippen molar-refractivity contribution in [2.75, 3.05) is 5.32 Å². The Bertz CT molecular complexity index is 1070. The van der Waals surface area contributed by atoms with E-state index in [1.54, 1.807) is 12.1 Å². The number of imidazole rings is 1. The van der Waals surface area contributed by atoms with Crippen molar-refractivity contribution in [2.24, 2.45) is 0 Å². The highest BCUT2D eigenvalue weighted by molar-refractivity contribution is 6.04. The van der Waals surface area contributed by atoms with Crippen molar-refractivity contribution in [3.8, 4) is 0 Å². The highest BCUT2D eigenvalue weighted by Crippen LogP contribution is 2.16. The monoisotopic (exact) mass is 355 g/mol. The minimum atomic E-state index is -0.0964. The zero-order valence-electron chi connectivity index (χ0n) is 15.2. The van der Waals surface area contributed by atoms with Gasteiger partial charge in [0.05, 0.1) is 11.0 Å². The van der Waals surface area contributed by atoms with Crippen molar-refractivity contribution in [2.45, 2.75) is 19.8 Å². The molecule has 0 saturated heterocycles. The molecule has 1 heterocycles. The summed E-state index contributed by atoms with van der Waals surface area (Å²) >= 11 is 0. The van der Waals surface area contributed by atoms with Crippen LogP contribution in [0.1, 0.15) is 27.3 Å². The SMILES string of the molecule is Cc1ccc2nc(CCc3ccc(NC(=O)c4ccccc4)cc3)[nH]c2c1. The number of aromatic amines is 1. The standard InChI is InChI=1S/C23H21N3O/c1-16-7-13-20-21(15-16)26-22(25-20)14-10-17-8-11-19(12-9-17)24-23(27)18-5-3-2-4-6-18/h2-9,11-13,15H,10,14H2,1H3,(H,24,27)(H,25,26). The molecule has 4 rings (SSSR count). The Morgan fingerprint density at radius 2 is 1.74 bits per heavy atom. The first-order chi connectivity index (χ1) is 13.2. The lowest BCUT2D eigenvalue weighted by Gasteiger charge is -2.06. The largest absolute Gasteiger partial charge is 0.342 e. The van der Waals surface area contributed by atoms with Crippen LogP contribution in [0.5, 0.6) is 0 Å². The van der Waals surface area contributed by atoms with Gasteiger partial charge in [-0.25, -0.2) is 4.98 Å². The van der Waals surface area contributed by atoms with Gasteiger partial charge >= 0.3 is 0 Å². The molecular formula is C23H21N3O. The maximum Gasteiger partial charge on any atom is 0.255 e. The molecule has 0 spiro atoms. The third kappa shape index (κ3) is 4.06. The fourth-order valence-electron chi connectivity index (χ4n) is 3.10. The first-order valence-electron chi connectivity index (χ1n) is 9.08. The Labute approximate surface area is 158 Å². The van der Waals surface area contributed by atoms with E-state index in [-0.39, 0.29) is 5.91 Å². The summed E-state index contributed by atoms with van der Waals surface area (Å²) in [5.74, 6) is 0.901. The number of H-pyrrole nitrogens is 1. The van der Waals surface area contributed by atoms with Crippen molar-refractivity contribution in [1.82, 2.24) is 9.97 Å². The van der Waals surface area contributed by atoms with E-state index in [0.717, 1.165) is 35.4 Å². The van der Waals surface area contributed by atoms with Gasteiger partial charge in [0.2, 0.25) is 0 Å². The van der Waals surface area contributed by atoms with E-state index < -0.39 is 0 Å². The van der Waals surface area contributed by atoms with Crippen molar-refractivity contribution in [3.63, 3.8) is 0 Å². The van der Waals surface area contributed by atoms with Crippen LogP contribution in [-0.4, -0.2) is 15.9 Å². The number of aromatic nitrogens is 2. The Hall–Kier alpha value is -3.40. The number of hydrogen-bond acceptors (Lipinski definition) is 2. The maximum atomic E-state index is 12.2. The van der Waals surface area contributed by atoms with Crippen LogP contribution in [0.3, 0.4) is 0 Å². The summed E-state index contributed by atoms with van der Waals surface area (Å²) in [6.45, 7) is 2.08. The summed E-state index contributed by atoms with van der Waals surface area (Å²) in [6.07, 6.45) is 1.75. The number of nitrogens with zero attached hydrogens (tertiary/aromatic N) is 1. The lowest BCUT2D eigenvalue weighted by molar-refractivity contribution is 0.102.